The summed E-state index contributed by atoms with van der Waals surface area (Å²) in [5.74, 6) is -0.496. The number of hydrogen-bond donors (Lipinski definition) is 8. The van der Waals surface area contributed by atoms with E-state index in [1.807, 2.05) is 0 Å². The molecule has 5 rings (SSSR count). The van der Waals surface area contributed by atoms with Gasteiger partial charge in [-0.1, -0.05) is 0 Å². The molecule has 0 aliphatic carbocycles. The minimum Gasteiger partial charge on any atom is -0.508 e. The van der Waals surface area contributed by atoms with Crippen LogP contribution < -0.4 is 10.2 Å². The number of phenols is 2. The Balaban J connectivity index is 1.47. The predicted octanol–water partition coefficient (Wildman–Crippen LogP) is -1.49. The number of hydrogen-bond acceptors (Lipinski definition) is 14. The highest BCUT2D eigenvalue weighted by molar-refractivity contribution is 5.86. The molecule has 0 radical (unpaired) electrons. The van der Waals surface area contributed by atoms with Crippen molar-refractivity contribution >= 4 is 11.0 Å². The molecule has 216 valence electrons. The third kappa shape index (κ3) is 5.12. The van der Waals surface area contributed by atoms with Crippen LogP contribution in [0.1, 0.15) is 0 Å². The molecular weight excluding hydrogens is 536 g/mol. The van der Waals surface area contributed by atoms with Crippen molar-refractivity contribution in [2.24, 2.45) is 0 Å². The Morgan fingerprint density at radius 1 is 0.975 bits per heavy atom. The van der Waals surface area contributed by atoms with Crippen LogP contribution in [0.5, 0.6) is 17.2 Å². The molecule has 0 spiro atoms. The normalized spacial score (nSPS) is 32.4. The third-order valence-corrected chi connectivity index (χ3v) is 6.88. The van der Waals surface area contributed by atoms with Gasteiger partial charge in [-0.15, -0.1) is 0 Å². The molecule has 0 unspecified atom stereocenters. The van der Waals surface area contributed by atoms with Crippen molar-refractivity contribution in [3.05, 3.63) is 52.7 Å². The summed E-state index contributed by atoms with van der Waals surface area (Å²) in [6.07, 6.45) is -11.2. The Bertz CT molecular complexity index is 1410. The van der Waals surface area contributed by atoms with Crippen LogP contribution in [0.4, 0.5) is 0 Å². The van der Waals surface area contributed by atoms with Crippen LogP contribution in [0.15, 0.2) is 51.7 Å². The van der Waals surface area contributed by atoms with Gasteiger partial charge in [-0.2, -0.15) is 0 Å². The first-order valence-electron chi connectivity index (χ1n) is 12.2. The molecule has 8 N–H and O–H groups in total. The fraction of sp³-hybridized carbons (Fsp3) is 0.423. The monoisotopic (exact) mass is 564 g/mol. The topological polar surface area (TPSA) is 229 Å². The van der Waals surface area contributed by atoms with E-state index in [9.17, 15) is 45.6 Å². The Morgan fingerprint density at radius 2 is 1.70 bits per heavy atom. The molecule has 1 aromatic heterocycles. The summed E-state index contributed by atoms with van der Waals surface area (Å²) in [5, 5.41) is 80.7. The highest BCUT2D eigenvalue weighted by Gasteiger charge is 2.53. The van der Waals surface area contributed by atoms with Crippen LogP contribution >= 0.6 is 0 Å². The van der Waals surface area contributed by atoms with Crippen molar-refractivity contribution in [2.45, 2.75) is 48.7 Å². The molecule has 2 aromatic carbocycles. The summed E-state index contributed by atoms with van der Waals surface area (Å²) >= 11 is 0. The zero-order valence-electron chi connectivity index (χ0n) is 20.7. The fourth-order valence-electron chi connectivity index (χ4n) is 4.57. The van der Waals surface area contributed by atoms with E-state index >= 15 is 0 Å². The van der Waals surface area contributed by atoms with Crippen molar-refractivity contribution < 1.29 is 64.2 Å². The lowest BCUT2D eigenvalue weighted by molar-refractivity contribution is -0.318. The van der Waals surface area contributed by atoms with Crippen LogP contribution in [0, 0.1) is 0 Å². The second kappa shape index (κ2) is 10.9. The first-order valence-corrected chi connectivity index (χ1v) is 12.2. The zero-order chi connectivity index (χ0) is 28.8. The van der Waals surface area contributed by atoms with E-state index in [-0.39, 0.29) is 28.2 Å². The van der Waals surface area contributed by atoms with Gasteiger partial charge in [0.1, 0.15) is 64.0 Å². The molecule has 3 aromatic rings. The minimum atomic E-state index is -2.04. The molecule has 14 heteroatoms. The molecule has 2 fully saturated rings. The Labute approximate surface area is 225 Å². The van der Waals surface area contributed by atoms with Crippen molar-refractivity contribution in [1.29, 1.82) is 0 Å². The Kier molecular flexibility index (Phi) is 7.71. The van der Waals surface area contributed by atoms with Gasteiger partial charge in [0.05, 0.1) is 19.8 Å². The van der Waals surface area contributed by atoms with Crippen molar-refractivity contribution in [3.8, 4) is 28.6 Å². The van der Waals surface area contributed by atoms with Crippen LogP contribution in [0.2, 0.25) is 0 Å². The average molecular weight is 564 g/mol. The Hall–Kier alpha value is -3.31. The van der Waals surface area contributed by atoms with Crippen LogP contribution in [0.25, 0.3) is 22.3 Å². The second-order valence-electron chi connectivity index (χ2n) is 9.65. The fourth-order valence-corrected chi connectivity index (χ4v) is 4.57. The van der Waals surface area contributed by atoms with Gasteiger partial charge in [0.25, 0.3) is 0 Å². The molecule has 8 atom stereocenters. The van der Waals surface area contributed by atoms with Gasteiger partial charge in [-0.25, -0.2) is 0 Å². The maximum absolute atomic E-state index is 12.8. The van der Waals surface area contributed by atoms with E-state index in [2.05, 4.69) is 0 Å². The maximum atomic E-state index is 12.8. The molecule has 40 heavy (non-hydrogen) atoms. The van der Waals surface area contributed by atoms with Crippen LogP contribution in [-0.2, 0) is 14.2 Å². The molecule has 14 nitrogen and oxygen atoms in total. The van der Waals surface area contributed by atoms with Gasteiger partial charge < -0.3 is 64.2 Å². The second-order valence-corrected chi connectivity index (χ2v) is 9.65. The number of aromatic hydroxyl groups is 2. The largest absolute Gasteiger partial charge is 0.508 e. The molecule has 3 heterocycles. The van der Waals surface area contributed by atoms with E-state index in [1.165, 1.54) is 36.4 Å². The van der Waals surface area contributed by atoms with Gasteiger partial charge in [0, 0.05) is 23.8 Å². The van der Waals surface area contributed by atoms with E-state index in [0.29, 0.717) is 5.56 Å². The summed E-state index contributed by atoms with van der Waals surface area (Å²) in [6, 6.07) is 9.37. The van der Waals surface area contributed by atoms with Gasteiger partial charge in [-0.3, -0.25) is 4.79 Å². The standard InChI is InChI=1S/C26H28O14/c27-8-18-20(32)21(33)22(40-25-23(34)26(35,9-28)10-36-25)24(39-18)37-13-5-14(30)19-15(31)7-16(38-17(19)6-13)11-1-3-12(29)4-2-11/h1-7,18,20-25,27-30,32-35H,8-10H2/t18-,20-,21+,22-,23-,24+,25+,26-/m1/s1. The van der Waals surface area contributed by atoms with Crippen LogP contribution in [-0.4, -0.2) is 109 Å². The van der Waals surface area contributed by atoms with E-state index < -0.39 is 79.7 Å². The molecular formula is C26H28O14. The van der Waals surface area contributed by atoms with Crippen molar-refractivity contribution in [1.82, 2.24) is 0 Å². The smallest absolute Gasteiger partial charge is 0.229 e. The number of ether oxygens (including phenoxy) is 4. The highest BCUT2D eigenvalue weighted by Crippen LogP contribution is 2.35. The van der Waals surface area contributed by atoms with Gasteiger partial charge >= 0.3 is 0 Å². The first kappa shape index (κ1) is 28.2. The molecule has 2 aliphatic rings. The summed E-state index contributed by atoms with van der Waals surface area (Å²) in [6.45, 7) is -2.06. The number of fused-ring (bicyclic) bond motifs is 1. The number of rotatable bonds is 7. The lowest BCUT2D eigenvalue weighted by Crippen LogP contribution is -2.62. The number of aliphatic hydroxyl groups is 6. The molecule has 2 aliphatic heterocycles. The lowest BCUT2D eigenvalue weighted by Gasteiger charge is -2.42. The summed E-state index contributed by atoms with van der Waals surface area (Å²) in [7, 11) is 0. The van der Waals surface area contributed by atoms with Crippen molar-refractivity contribution in [2.75, 3.05) is 19.8 Å². The van der Waals surface area contributed by atoms with Gasteiger partial charge in [0.2, 0.25) is 6.29 Å². The average Bonchev–Trinajstić information content (AvgIpc) is 3.21. The van der Waals surface area contributed by atoms with Crippen LogP contribution in [0.3, 0.4) is 0 Å². The first-order chi connectivity index (χ1) is 19.0. The molecule has 0 saturated carbocycles. The van der Waals surface area contributed by atoms with Crippen molar-refractivity contribution in [3.63, 3.8) is 0 Å². The lowest BCUT2D eigenvalue weighted by atomic mass is 9.98. The summed E-state index contributed by atoms with van der Waals surface area (Å²) < 4.78 is 28.0. The number of benzene rings is 2. The summed E-state index contributed by atoms with van der Waals surface area (Å²) in [4.78, 5) is 12.8. The molecule has 0 amide bonds. The van der Waals surface area contributed by atoms with E-state index in [4.69, 9.17) is 23.4 Å². The molecule has 0 bridgehead atoms. The maximum Gasteiger partial charge on any atom is 0.229 e. The van der Waals surface area contributed by atoms with Gasteiger partial charge in [0.15, 0.2) is 17.8 Å². The highest BCUT2D eigenvalue weighted by atomic mass is 16.8. The van der Waals surface area contributed by atoms with E-state index in [1.54, 1.807) is 0 Å². The third-order valence-electron chi connectivity index (χ3n) is 6.88. The van der Waals surface area contributed by atoms with Gasteiger partial charge in [-0.05, 0) is 24.3 Å². The molecule has 2 saturated heterocycles. The number of aliphatic hydroxyl groups excluding tert-OH is 5. The number of phenolic OH excluding ortho intramolecular Hbond substituents is 2. The zero-order valence-corrected chi connectivity index (χ0v) is 20.7. The predicted molar refractivity (Wildman–Crippen MR) is 132 cm³/mol. The Morgan fingerprint density at radius 3 is 2.35 bits per heavy atom. The minimum absolute atomic E-state index is 0.00882. The summed E-state index contributed by atoms with van der Waals surface area (Å²) in [5.41, 5.74) is -2.22. The van der Waals surface area contributed by atoms with E-state index in [0.717, 1.165) is 6.07 Å². The SMILES string of the molecule is O=c1cc(-c2ccc(O)cc2)oc2cc(O[C@H]3O[C@H](CO)[C@@H](O)[C@H](O)[C@H]3O[C@@H]3OC[C@](O)(CO)[C@@H]3O)cc(O)c12. The quantitative estimate of drug-likeness (QED) is 0.164.